The molecule has 0 bridgehead atoms. The molecule has 2 heterocycles. The fourth-order valence-electron chi connectivity index (χ4n) is 3.61. The summed E-state index contributed by atoms with van der Waals surface area (Å²) in [7, 11) is 0. The fraction of sp³-hybridized carbons (Fsp3) is 0.227. The molecule has 1 aliphatic heterocycles. The Balaban J connectivity index is 1.92. The average Bonchev–Trinajstić information content (AvgIpc) is 3.01. The molecule has 0 spiro atoms. The number of ether oxygens (including phenoxy) is 1. The molecule has 1 aromatic heterocycles. The van der Waals surface area contributed by atoms with Gasteiger partial charge in [0.05, 0.1) is 18.7 Å². The minimum Gasteiger partial charge on any atom is -0.466 e. The zero-order valence-electron chi connectivity index (χ0n) is 15.7. The van der Waals surface area contributed by atoms with Crippen molar-refractivity contribution in [3.05, 3.63) is 82.4 Å². The molecule has 28 heavy (non-hydrogen) atoms. The van der Waals surface area contributed by atoms with E-state index in [0.29, 0.717) is 11.6 Å². The minimum atomic E-state index is -0.252. The predicted octanol–water partition coefficient (Wildman–Crippen LogP) is 4.71. The lowest BCUT2D eigenvalue weighted by molar-refractivity contribution is -0.143. The summed E-state index contributed by atoms with van der Waals surface area (Å²) in [4.78, 5) is 12.3. The van der Waals surface area contributed by atoms with Crippen LogP contribution in [0.5, 0.6) is 0 Å². The zero-order valence-corrected chi connectivity index (χ0v) is 16.5. The molecule has 1 unspecified atom stereocenters. The Morgan fingerprint density at radius 2 is 1.89 bits per heavy atom. The van der Waals surface area contributed by atoms with Gasteiger partial charge in [-0.2, -0.15) is 0 Å². The monoisotopic (exact) mass is 393 g/mol. The van der Waals surface area contributed by atoms with Gasteiger partial charge in [0, 0.05) is 16.5 Å². The van der Waals surface area contributed by atoms with E-state index in [0.717, 1.165) is 34.0 Å². The molecule has 6 heteroatoms. The third-order valence-corrected chi connectivity index (χ3v) is 5.08. The minimum absolute atomic E-state index is 0.205. The largest absolute Gasteiger partial charge is 0.466 e. The van der Waals surface area contributed by atoms with Crippen LogP contribution >= 0.6 is 11.6 Å². The number of aromatic nitrogens is 3. The molecule has 5 nitrogen and oxygen atoms in total. The molecule has 0 aliphatic carbocycles. The first-order valence-corrected chi connectivity index (χ1v) is 9.61. The Hall–Kier alpha value is -2.92. The van der Waals surface area contributed by atoms with Crippen LogP contribution in [0.25, 0.3) is 11.3 Å². The number of halogens is 1. The van der Waals surface area contributed by atoms with E-state index >= 15 is 0 Å². The van der Waals surface area contributed by atoms with E-state index < -0.39 is 0 Å². The third kappa shape index (κ3) is 3.34. The maximum atomic E-state index is 12.3. The molecule has 0 saturated heterocycles. The number of hydrogen-bond acceptors (Lipinski definition) is 4. The quantitative estimate of drug-likeness (QED) is 0.602. The number of carbonyl (C=O) groups excluding carboxylic acids is 1. The van der Waals surface area contributed by atoms with Crippen LogP contribution in [0, 0.1) is 6.92 Å². The lowest BCUT2D eigenvalue weighted by Gasteiger charge is -2.13. The van der Waals surface area contributed by atoms with Crippen LogP contribution in [0.4, 0.5) is 0 Å². The van der Waals surface area contributed by atoms with Crippen LogP contribution in [0.15, 0.2) is 54.6 Å². The van der Waals surface area contributed by atoms with Crippen molar-refractivity contribution in [1.29, 1.82) is 0 Å². The van der Waals surface area contributed by atoms with Crippen LogP contribution in [-0.2, 0) is 9.53 Å². The lowest BCUT2D eigenvalue weighted by Crippen LogP contribution is -2.13. The maximum absolute atomic E-state index is 12.3. The second-order valence-corrected chi connectivity index (χ2v) is 7.10. The maximum Gasteiger partial charge on any atom is 0.306 e. The van der Waals surface area contributed by atoms with Gasteiger partial charge in [-0.05, 0) is 43.2 Å². The van der Waals surface area contributed by atoms with E-state index in [9.17, 15) is 4.79 Å². The molecular weight excluding hydrogens is 374 g/mol. The third-order valence-electron chi connectivity index (χ3n) is 4.83. The van der Waals surface area contributed by atoms with Gasteiger partial charge >= 0.3 is 5.97 Å². The average molecular weight is 394 g/mol. The number of rotatable bonds is 4. The summed E-state index contributed by atoms with van der Waals surface area (Å²) < 4.78 is 7.22. The molecule has 4 rings (SSSR count). The summed E-state index contributed by atoms with van der Waals surface area (Å²) >= 11 is 6.09. The second-order valence-electron chi connectivity index (χ2n) is 6.66. The molecule has 3 aromatic rings. The lowest BCUT2D eigenvalue weighted by atomic mass is 9.93. The van der Waals surface area contributed by atoms with Crippen molar-refractivity contribution in [2.24, 2.45) is 0 Å². The number of fused-ring (bicyclic) bond motifs is 3. The SMILES string of the molecule is CCOC(=O)CC1C=C(c2ccc(Cl)cc2)c2ccccc2-n2c(C)nnc21. The normalized spacial score (nSPS) is 15.2. The van der Waals surface area contributed by atoms with E-state index in [1.807, 2.05) is 60.9 Å². The molecular formula is C22H20ClN3O2. The molecule has 0 amide bonds. The van der Waals surface area contributed by atoms with Crippen LogP contribution in [-0.4, -0.2) is 27.3 Å². The highest BCUT2D eigenvalue weighted by Crippen LogP contribution is 2.38. The van der Waals surface area contributed by atoms with Crippen molar-refractivity contribution < 1.29 is 9.53 Å². The van der Waals surface area contributed by atoms with Gasteiger partial charge in [0.2, 0.25) is 0 Å². The smallest absolute Gasteiger partial charge is 0.306 e. The summed E-state index contributed by atoms with van der Waals surface area (Å²) in [5.74, 6) is 1.01. The van der Waals surface area contributed by atoms with E-state index in [-0.39, 0.29) is 18.3 Å². The van der Waals surface area contributed by atoms with Crippen LogP contribution in [0.1, 0.15) is 42.0 Å². The van der Waals surface area contributed by atoms with E-state index in [4.69, 9.17) is 16.3 Å². The second kappa shape index (κ2) is 7.60. The van der Waals surface area contributed by atoms with Crippen molar-refractivity contribution in [3.8, 4) is 5.69 Å². The Morgan fingerprint density at radius 1 is 1.14 bits per heavy atom. The molecule has 2 aromatic carbocycles. The van der Waals surface area contributed by atoms with Crippen molar-refractivity contribution in [2.45, 2.75) is 26.2 Å². The topological polar surface area (TPSA) is 57.0 Å². The predicted molar refractivity (Wildman–Crippen MR) is 109 cm³/mol. The van der Waals surface area contributed by atoms with Crippen LogP contribution in [0.2, 0.25) is 5.02 Å². The Bertz CT molecular complexity index is 1050. The number of benzene rings is 2. The number of hydrogen-bond donors (Lipinski definition) is 0. The molecule has 142 valence electrons. The molecule has 0 N–H and O–H groups in total. The zero-order chi connectivity index (χ0) is 19.7. The van der Waals surface area contributed by atoms with E-state index in [1.165, 1.54) is 0 Å². The summed E-state index contributed by atoms with van der Waals surface area (Å²) in [6.45, 7) is 4.08. The van der Waals surface area contributed by atoms with Crippen molar-refractivity contribution in [2.75, 3.05) is 6.61 Å². The molecule has 0 radical (unpaired) electrons. The van der Waals surface area contributed by atoms with Gasteiger partial charge < -0.3 is 4.74 Å². The number of allylic oxidation sites excluding steroid dienone is 1. The van der Waals surface area contributed by atoms with Crippen LogP contribution in [0.3, 0.4) is 0 Å². The van der Waals surface area contributed by atoms with Gasteiger partial charge in [-0.1, -0.05) is 48.0 Å². The standard InChI is InChI=1S/C22H20ClN3O2/c1-3-28-21(27)13-16-12-19(15-8-10-17(23)11-9-15)18-6-4-5-7-20(18)26-14(2)24-25-22(16)26/h4-12,16H,3,13H2,1-2H3. The van der Waals surface area contributed by atoms with Gasteiger partial charge in [0.1, 0.15) is 11.6 Å². The highest BCUT2D eigenvalue weighted by molar-refractivity contribution is 6.30. The highest BCUT2D eigenvalue weighted by Gasteiger charge is 2.28. The van der Waals surface area contributed by atoms with Gasteiger partial charge in [-0.3, -0.25) is 9.36 Å². The van der Waals surface area contributed by atoms with Gasteiger partial charge in [-0.15, -0.1) is 10.2 Å². The fourth-order valence-corrected chi connectivity index (χ4v) is 3.74. The van der Waals surface area contributed by atoms with E-state index in [1.54, 1.807) is 0 Å². The van der Waals surface area contributed by atoms with Gasteiger partial charge in [-0.25, -0.2) is 0 Å². The van der Waals surface area contributed by atoms with Crippen molar-refractivity contribution >= 4 is 23.1 Å². The first kappa shape index (κ1) is 18.4. The van der Waals surface area contributed by atoms with Gasteiger partial charge in [0.25, 0.3) is 0 Å². The van der Waals surface area contributed by atoms with Crippen molar-refractivity contribution in [3.63, 3.8) is 0 Å². The highest BCUT2D eigenvalue weighted by atomic mass is 35.5. The molecule has 0 fully saturated rings. The molecule has 1 atom stereocenters. The first-order valence-electron chi connectivity index (χ1n) is 9.23. The number of nitrogens with zero attached hydrogens (tertiary/aromatic N) is 3. The number of esters is 1. The van der Waals surface area contributed by atoms with Crippen LogP contribution < -0.4 is 0 Å². The van der Waals surface area contributed by atoms with Gasteiger partial charge in [0.15, 0.2) is 0 Å². The first-order chi connectivity index (χ1) is 13.6. The Labute approximate surface area is 168 Å². The summed E-state index contributed by atoms with van der Waals surface area (Å²) in [6.07, 6.45) is 2.29. The van der Waals surface area contributed by atoms with E-state index in [2.05, 4.69) is 22.3 Å². The number of carbonyl (C=O) groups is 1. The number of aryl methyl sites for hydroxylation is 1. The summed E-state index contributed by atoms with van der Waals surface area (Å²) in [5.41, 5.74) is 4.11. The van der Waals surface area contributed by atoms with Crippen molar-refractivity contribution in [1.82, 2.24) is 14.8 Å². The Kier molecular flexibility index (Phi) is 5.01. The molecule has 0 saturated carbocycles. The Morgan fingerprint density at radius 3 is 2.64 bits per heavy atom. The number of para-hydroxylation sites is 1. The summed E-state index contributed by atoms with van der Waals surface area (Å²) in [5, 5.41) is 9.34. The summed E-state index contributed by atoms with van der Waals surface area (Å²) in [6, 6.07) is 15.9. The molecule has 1 aliphatic rings.